The predicted octanol–water partition coefficient (Wildman–Crippen LogP) is 2.68. The van der Waals surface area contributed by atoms with E-state index in [1.54, 1.807) is 31.2 Å². The number of hydrogen-bond acceptors (Lipinski definition) is 5. The van der Waals surface area contributed by atoms with Gasteiger partial charge in [0.1, 0.15) is 12.1 Å². The van der Waals surface area contributed by atoms with Crippen LogP contribution in [-0.2, 0) is 9.53 Å². The SMILES string of the molecule is CC(OC(=O)N(C)[C@@H](CSC(=O)O)C(=O)O)c1ccccc1. The fraction of sp³-hybridized carbons (Fsp3) is 0.357. The second-order valence-electron chi connectivity index (χ2n) is 4.48. The monoisotopic (exact) mass is 327 g/mol. The van der Waals surface area contributed by atoms with E-state index >= 15 is 0 Å². The summed E-state index contributed by atoms with van der Waals surface area (Å²) in [5, 5.41) is 16.5. The zero-order valence-electron chi connectivity index (χ0n) is 12.1. The van der Waals surface area contributed by atoms with Crippen LogP contribution in [0.2, 0.25) is 0 Å². The van der Waals surface area contributed by atoms with Gasteiger partial charge in [0.2, 0.25) is 0 Å². The summed E-state index contributed by atoms with van der Waals surface area (Å²) in [6.07, 6.45) is -1.37. The molecule has 0 spiro atoms. The molecule has 22 heavy (non-hydrogen) atoms. The molecule has 0 radical (unpaired) electrons. The van der Waals surface area contributed by atoms with Crippen molar-refractivity contribution in [1.82, 2.24) is 4.90 Å². The molecular weight excluding hydrogens is 310 g/mol. The number of carboxylic acids is 1. The van der Waals surface area contributed by atoms with Crippen LogP contribution < -0.4 is 0 Å². The van der Waals surface area contributed by atoms with Crippen molar-refractivity contribution in [3.8, 4) is 0 Å². The molecule has 0 fully saturated rings. The van der Waals surface area contributed by atoms with Crippen LogP contribution in [-0.4, -0.2) is 51.3 Å². The summed E-state index contributed by atoms with van der Waals surface area (Å²) in [7, 11) is 1.27. The number of hydrogen-bond donors (Lipinski definition) is 2. The molecule has 0 aromatic heterocycles. The van der Waals surface area contributed by atoms with Gasteiger partial charge in [0.15, 0.2) is 0 Å². The summed E-state index contributed by atoms with van der Waals surface area (Å²) in [5.74, 6) is -1.56. The summed E-state index contributed by atoms with van der Waals surface area (Å²) >= 11 is 0.415. The van der Waals surface area contributed by atoms with E-state index in [1.807, 2.05) is 6.07 Å². The lowest BCUT2D eigenvalue weighted by Crippen LogP contribution is -2.44. The van der Waals surface area contributed by atoms with Crippen molar-refractivity contribution in [2.75, 3.05) is 12.8 Å². The van der Waals surface area contributed by atoms with Crippen LogP contribution in [0.3, 0.4) is 0 Å². The van der Waals surface area contributed by atoms with E-state index < -0.39 is 29.5 Å². The van der Waals surface area contributed by atoms with Crippen molar-refractivity contribution in [2.24, 2.45) is 0 Å². The number of thioether (sulfide) groups is 1. The van der Waals surface area contributed by atoms with Crippen LogP contribution in [0, 0.1) is 0 Å². The highest BCUT2D eigenvalue weighted by Gasteiger charge is 2.29. The van der Waals surface area contributed by atoms with E-state index in [0.717, 1.165) is 10.5 Å². The highest BCUT2D eigenvalue weighted by atomic mass is 32.2. The minimum absolute atomic E-state index is 0.268. The number of carbonyl (C=O) groups excluding carboxylic acids is 1. The Balaban J connectivity index is 2.69. The van der Waals surface area contributed by atoms with Gasteiger partial charge in [-0.1, -0.05) is 30.3 Å². The summed E-state index contributed by atoms with van der Waals surface area (Å²) in [4.78, 5) is 34.6. The Kier molecular flexibility index (Phi) is 6.71. The number of rotatable bonds is 6. The fourth-order valence-electron chi connectivity index (χ4n) is 1.65. The molecule has 0 saturated carbocycles. The minimum Gasteiger partial charge on any atom is -0.480 e. The second-order valence-corrected chi connectivity index (χ2v) is 5.45. The highest BCUT2D eigenvalue weighted by Crippen LogP contribution is 2.18. The Morgan fingerprint density at radius 2 is 1.82 bits per heavy atom. The first-order chi connectivity index (χ1) is 10.3. The molecule has 2 atom stereocenters. The van der Waals surface area contributed by atoms with Gasteiger partial charge in [-0.25, -0.2) is 14.4 Å². The first kappa shape index (κ1) is 17.8. The van der Waals surface area contributed by atoms with Crippen LogP contribution in [0.1, 0.15) is 18.6 Å². The van der Waals surface area contributed by atoms with Crippen LogP contribution in [0.5, 0.6) is 0 Å². The van der Waals surface area contributed by atoms with E-state index in [-0.39, 0.29) is 5.75 Å². The van der Waals surface area contributed by atoms with Gasteiger partial charge >= 0.3 is 17.4 Å². The van der Waals surface area contributed by atoms with E-state index in [2.05, 4.69) is 0 Å². The third kappa shape index (κ3) is 5.28. The van der Waals surface area contributed by atoms with Crippen LogP contribution in [0.15, 0.2) is 30.3 Å². The topological polar surface area (TPSA) is 104 Å². The Labute approximate surface area is 131 Å². The van der Waals surface area contributed by atoms with Gasteiger partial charge in [-0.3, -0.25) is 4.90 Å². The number of ether oxygens (including phenoxy) is 1. The number of carboxylic acid groups (broad SMARTS) is 2. The van der Waals surface area contributed by atoms with Gasteiger partial charge in [0, 0.05) is 12.8 Å². The molecule has 1 aromatic carbocycles. The molecule has 1 amide bonds. The molecule has 0 aliphatic heterocycles. The summed E-state index contributed by atoms with van der Waals surface area (Å²) in [5.41, 5.74) is 0.774. The molecule has 0 aliphatic carbocycles. The minimum atomic E-state index is -1.29. The summed E-state index contributed by atoms with van der Waals surface area (Å²) in [6, 6.07) is 7.71. The summed E-state index contributed by atoms with van der Waals surface area (Å²) in [6.45, 7) is 1.67. The average molecular weight is 327 g/mol. The standard InChI is InChI=1S/C14H17NO6S/c1-9(10-6-4-3-5-7-10)21-13(18)15(2)11(12(16)17)8-22-14(19)20/h3-7,9,11H,8H2,1-2H3,(H,16,17)(H,19,20)/t9?,11-/m0/s1. The highest BCUT2D eigenvalue weighted by molar-refractivity contribution is 8.13. The molecule has 1 unspecified atom stereocenters. The van der Waals surface area contributed by atoms with Gasteiger partial charge in [0.05, 0.1) is 0 Å². The van der Waals surface area contributed by atoms with E-state index in [9.17, 15) is 14.4 Å². The molecule has 2 N–H and O–H groups in total. The molecule has 8 heteroatoms. The lowest BCUT2D eigenvalue weighted by atomic mass is 10.1. The number of aliphatic carboxylic acids is 1. The molecule has 0 bridgehead atoms. The molecule has 1 aromatic rings. The molecule has 1 rings (SSSR count). The number of benzene rings is 1. The number of carbonyl (C=O) groups is 3. The van der Waals surface area contributed by atoms with Crippen molar-refractivity contribution in [1.29, 1.82) is 0 Å². The smallest absolute Gasteiger partial charge is 0.410 e. The maximum Gasteiger partial charge on any atom is 0.410 e. The predicted molar refractivity (Wildman–Crippen MR) is 81.0 cm³/mol. The van der Waals surface area contributed by atoms with Gasteiger partial charge in [0.25, 0.3) is 0 Å². The van der Waals surface area contributed by atoms with Gasteiger partial charge < -0.3 is 14.9 Å². The van der Waals surface area contributed by atoms with Crippen LogP contribution in [0.25, 0.3) is 0 Å². The van der Waals surface area contributed by atoms with E-state index in [0.29, 0.717) is 11.8 Å². The van der Waals surface area contributed by atoms with Crippen molar-refractivity contribution in [2.45, 2.75) is 19.1 Å². The van der Waals surface area contributed by atoms with Crippen LogP contribution in [0.4, 0.5) is 9.59 Å². The average Bonchev–Trinajstić information content (AvgIpc) is 2.47. The Hall–Kier alpha value is -2.22. The van der Waals surface area contributed by atoms with Crippen LogP contribution >= 0.6 is 11.8 Å². The maximum absolute atomic E-state index is 12.0. The largest absolute Gasteiger partial charge is 0.480 e. The zero-order chi connectivity index (χ0) is 16.7. The number of likely N-dealkylation sites (N-methyl/N-ethyl adjacent to an activating group) is 1. The van der Waals surface area contributed by atoms with Gasteiger partial charge in [-0.15, -0.1) is 0 Å². The van der Waals surface area contributed by atoms with Crippen molar-refractivity contribution >= 4 is 29.1 Å². The Morgan fingerprint density at radius 3 is 2.32 bits per heavy atom. The van der Waals surface area contributed by atoms with Crippen molar-refractivity contribution < 1.29 is 29.3 Å². The number of amides is 1. The van der Waals surface area contributed by atoms with Gasteiger partial charge in [-0.05, 0) is 24.2 Å². The Morgan fingerprint density at radius 1 is 1.23 bits per heavy atom. The molecule has 120 valence electrons. The molecule has 7 nitrogen and oxygen atoms in total. The second kappa shape index (κ2) is 8.28. The normalized spacial score (nSPS) is 13.0. The number of nitrogens with zero attached hydrogens (tertiary/aromatic N) is 1. The first-order valence-electron chi connectivity index (χ1n) is 6.39. The molecule has 0 aliphatic rings. The fourth-order valence-corrected chi connectivity index (χ4v) is 2.32. The van der Waals surface area contributed by atoms with Crippen molar-refractivity contribution in [3.05, 3.63) is 35.9 Å². The summed E-state index contributed by atoms with van der Waals surface area (Å²) < 4.78 is 5.20. The van der Waals surface area contributed by atoms with Gasteiger partial charge in [-0.2, -0.15) is 0 Å². The molecule has 0 saturated heterocycles. The Bertz CT molecular complexity index is 535. The lowest BCUT2D eigenvalue weighted by Gasteiger charge is -2.25. The first-order valence-corrected chi connectivity index (χ1v) is 7.38. The van der Waals surface area contributed by atoms with Crippen molar-refractivity contribution in [3.63, 3.8) is 0 Å². The maximum atomic E-state index is 12.0. The van der Waals surface area contributed by atoms with E-state index in [1.165, 1.54) is 7.05 Å². The zero-order valence-corrected chi connectivity index (χ0v) is 12.9. The third-order valence-electron chi connectivity index (χ3n) is 2.95. The quantitative estimate of drug-likeness (QED) is 0.827. The lowest BCUT2D eigenvalue weighted by molar-refractivity contribution is -0.141. The third-order valence-corrected chi connectivity index (χ3v) is 3.68. The molecular formula is C14H17NO6S. The van der Waals surface area contributed by atoms with E-state index in [4.69, 9.17) is 14.9 Å². The molecule has 0 heterocycles.